The standard InChI is InChI=1S/C19H18Cl2N2O/c1-19(2,12-24)16-11-23(13-7-4-3-5-8-13)18(22-16)17-14(20)9-6-10-15(17)21/h3-11,24H,12H2,1-2H3. The summed E-state index contributed by atoms with van der Waals surface area (Å²) in [7, 11) is 0. The number of hydrogen-bond donors (Lipinski definition) is 1. The van der Waals surface area contributed by atoms with E-state index in [9.17, 15) is 5.11 Å². The number of para-hydroxylation sites is 1. The van der Waals surface area contributed by atoms with Gasteiger partial charge in [0.2, 0.25) is 0 Å². The Morgan fingerprint density at radius 3 is 2.21 bits per heavy atom. The molecule has 0 fully saturated rings. The van der Waals surface area contributed by atoms with E-state index in [1.165, 1.54) is 0 Å². The lowest BCUT2D eigenvalue weighted by Gasteiger charge is -2.18. The summed E-state index contributed by atoms with van der Waals surface area (Å²) in [6.07, 6.45) is 1.93. The van der Waals surface area contributed by atoms with Gasteiger partial charge in [-0.2, -0.15) is 0 Å². The van der Waals surface area contributed by atoms with Gasteiger partial charge in [0.1, 0.15) is 5.82 Å². The molecule has 0 bridgehead atoms. The Bertz CT molecular complexity index is 837. The maximum Gasteiger partial charge on any atom is 0.147 e. The van der Waals surface area contributed by atoms with Crippen LogP contribution in [0, 0.1) is 0 Å². The molecule has 0 saturated carbocycles. The number of imidazole rings is 1. The maximum absolute atomic E-state index is 9.70. The SMILES string of the molecule is CC(C)(CO)c1cn(-c2ccccc2)c(-c2c(Cl)cccc2Cl)n1. The molecule has 1 aromatic heterocycles. The van der Waals surface area contributed by atoms with Crippen molar-refractivity contribution in [3.8, 4) is 17.1 Å². The van der Waals surface area contributed by atoms with E-state index in [0.717, 1.165) is 11.4 Å². The van der Waals surface area contributed by atoms with Crippen LogP contribution in [0.25, 0.3) is 17.1 Å². The summed E-state index contributed by atoms with van der Waals surface area (Å²) < 4.78 is 1.96. The summed E-state index contributed by atoms with van der Waals surface area (Å²) in [6.45, 7) is 3.89. The topological polar surface area (TPSA) is 38.0 Å². The molecule has 124 valence electrons. The fourth-order valence-corrected chi connectivity index (χ4v) is 3.03. The van der Waals surface area contributed by atoms with E-state index < -0.39 is 5.41 Å². The Hall–Kier alpha value is -1.81. The molecule has 3 aromatic rings. The minimum absolute atomic E-state index is 0.00546. The molecule has 3 nitrogen and oxygen atoms in total. The van der Waals surface area contributed by atoms with Gasteiger partial charge in [-0.05, 0) is 24.3 Å². The average molecular weight is 361 g/mol. The number of hydrogen-bond acceptors (Lipinski definition) is 2. The first kappa shape index (κ1) is 17.0. The highest BCUT2D eigenvalue weighted by atomic mass is 35.5. The van der Waals surface area contributed by atoms with E-state index in [2.05, 4.69) is 0 Å². The molecule has 0 radical (unpaired) electrons. The number of rotatable bonds is 4. The number of benzene rings is 2. The van der Waals surface area contributed by atoms with E-state index in [-0.39, 0.29) is 6.61 Å². The molecule has 0 unspecified atom stereocenters. The molecule has 24 heavy (non-hydrogen) atoms. The molecule has 0 spiro atoms. The second-order valence-corrected chi connectivity index (χ2v) is 7.11. The van der Waals surface area contributed by atoms with Gasteiger partial charge in [-0.1, -0.05) is 61.3 Å². The Morgan fingerprint density at radius 2 is 1.62 bits per heavy atom. The Morgan fingerprint density at radius 1 is 1.00 bits per heavy atom. The summed E-state index contributed by atoms with van der Waals surface area (Å²) in [6, 6.07) is 15.3. The molecule has 0 aliphatic rings. The molecule has 0 aliphatic carbocycles. The first-order valence-corrected chi connectivity index (χ1v) is 8.40. The average Bonchev–Trinajstić information content (AvgIpc) is 3.01. The van der Waals surface area contributed by atoms with Crippen LogP contribution in [-0.4, -0.2) is 21.3 Å². The minimum Gasteiger partial charge on any atom is -0.395 e. The van der Waals surface area contributed by atoms with Crippen LogP contribution in [0.1, 0.15) is 19.5 Å². The zero-order chi connectivity index (χ0) is 17.3. The largest absolute Gasteiger partial charge is 0.395 e. The normalized spacial score (nSPS) is 11.7. The molecule has 0 amide bonds. The maximum atomic E-state index is 9.70. The van der Waals surface area contributed by atoms with E-state index in [4.69, 9.17) is 28.2 Å². The number of nitrogens with zero attached hydrogens (tertiary/aromatic N) is 2. The third-order valence-corrected chi connectivity index (χ3v) is 4.65. The first-order valence-electron chi connectivity index (χ1n) is 7.64. The van der Waals surface area contributed by atoms with Crippen molar-refractivity contribution in [2.45, 2.75) is 19.3 Å². The highest BCUT2D eigenvalue weighted by molar-refractivity contribution is 6.39. The lowest BCUT2D eigenvalue weighted by atomic mass is 9.91. The summed E-state index contributed by atoms with van der Waals surface area (Å²) in [5.74, 6) is 0.660. The summed E-state index contributed by atoms with van der Waals surface area (Å²) in [4.78, 5) is 4.76. The second-order valence-electron chi connectivity index (χ2n) is 6.29. The summed E-state index contributed by atoms with van der Waals surface area (Å²) in [5, 5.41) is 10.8. The molecule has 0 atom stereocenters. The molecular formula is C19H18Cl2N2O. The van der Waals surface area contributed by atoms with Gasteiger partial charge in [-0.15, -0.1) is 0 Å². The Labute approximate surface area is 151 Å². The van der Waals surface area contributed by atoms with Gasteiger partial charge in [0.05, 0.1) is 27.9 Å². The summed E-state index contributed by atoms with van der Waals surface area (Å²) in [5.41, 5.74) is 1.95. The lowest BCUT2D eigenvalue weighted by molar-refractivity contribution is 0.215. The van der Waals surface area contributed by atoms with Crippen molar-refractivity contribution in [3.63, 3.8) is 0 Å². The number of aliphatic hydroxyl groups excluding tert-OH is 1. The van der Waals surface area contributed by atoms with Crippen molar-refractivity contribution in [2.75, 3.05) is 6.61 Å². The number of halogens is 2. The van der Waals surface area contributed by atoms with E-state index in [1.807, 2.05) is 61.0 Å². The zero-order valence-electron chi connectivity index (χ0n) is 13.5. The quantitative estimate of drug-likeness (QED) is 0.701. The van der Waals surface area contributed by atoms with Crippen molar-refractivity contribution in [1.82, 2.24) is 9.55 Å². The first-order chi connectivity index (χ1) is 11.4. The van der Waals surface area contributed by atoms with Gasteiger partial charge >= 0.3 is 0 Å². The lowest BCUT2D eigenvalue weighted by Crippen LogP contribution is -2.22. The second kappa shape index (κ2) is 6.60. The number of aliphatic hydroxyl groups is 1. The van der Waals surface area contributed by atoms with Crippen molar-refractivity contribution in [2.24, 2.45) is 0 Å². The van der Waals surface area contributed by atoms with Crippen LogP contribution >= 0.6 is 23.2 Å². The Kier molecular flexibility index (Phi) is 4.68. The predicted molar refractivity (Wildman–Crippen MR) is 99.1 cm³/mol. The van der Waals surface area contributed by atoms with Gasteiger partial charge in [0.25, 0.3) is 0 Å². The highest BCUT2D eigenvalue weighted by Gasteiger charge is 2.26. The highest BCUT2D eigenvalue weighted by Crippen LogP contribution is 2.36. The fourth-order valence-electron chi connectivity index (χ4n) is 2.46. The van der Waals surface area contributed by atoms with Crippen molar-refractivity contribution in [1.29, 1.82) is 0 Å². The van der Waals surface area contributed by atoms with Crippen LogP contribution in [0.2, 0.25) is 10.0 Å². The summed E-state index contributed by atoms with van der Waals surface area (Å²) >= 11 is 12.8. The van der Waals surface area contributed by atoms with Gasteiger partial charge in [-0.25, -0.2) is 4.98 Å². The zero-order valence-corrected chi connectivity index (χ0v) is 15.0. The van der Waals surface area contributed by atoms with Gasteiger partial charge in [0.15, 0.2) is 0 Å². The monoisotopic (exact) mass is 360 g/mol. The van der Waals surface area contributed by atoms with E-state index in [1.54, 1.807) is 12.1 Å². The molecule has 2 aromatic carbocycles. The smallest absolute Gasteiger partial charge is 0.147 e. The molecule has 1 heterocycles. The van der Waals surface area contributed by atoms with Crippen LogP contribution < -0.4 is 0 Å². The van der Waals surface area contributed by atoms with Crippen molar-refractivity contribution < 1.29 is 5.11 Å². The minimum atomic E-state index is -0.470. The molecule has 1 N–H and O–H groups in total. The Balaban J connectivity index is 2.28. The molecule has 5 heteroatoms. The van der Waals surface area contributed by atoms with Crippen molar-refractivity contribution >= 4 is 23.2 Å². The molecular weight excluding hydrogens is 343 g/mol. The molecule has 0 aliphatic heterocycles. The van der Waals surface area contributed by atoms with Gasteiger partial charge < -0.3 is 5.11 Å². The van der Waals surface area contributed by atoms with Crippen LogP contribution in [0.4, 0.5) is 0 Å². The molecule has 0 saturated heterocycles. The van der Waals surface area contributed by atoms with Crippen LogP contribution in [-0.2, 0) is 5.41 Å². The predicted octanol–water partition coefficient (Wildman–Crippen LogP) is 5.12. The third-order valence-electron chi connectivity index (χ3n) is 4.02. The van der Waals surface area contributed by atoms with Gasteiger partial charge in [-0.3, -0.25) is 4.57 Å². The van der Waals surface area contributed by atoms with Crippen LogP contribution in [0.5, 0.6) is 0 Å². The molecule has 3 rings (SSSR count). The van der Waals surface area contributed by atoms with E-state index >= 15 is 0 Å². The fraction of sp³-hybridized carbons (Fsp3) is 0.211. The number of aromatic nitrogens is 2. The third kappa shape index (κ3) is 3.07. The van der Waals surface area contributed by atoms with E-state index in [0.29, 0.717) is 21.4 Å². The van der Waals surface area contributed by atoms with Crippen LogP contribution in [0.15, 0.2) is 54.7 Å². The van der Waals surface area contributed by atoms with Gasteiger partial charge in [0, 0.05) is 17.3 Å². The van der Waals surface area contributed by atoms with Crippen LogP contribution in [0.3, 0.4) is 0 Å². The van der Waals surface area contributed by atoms with Crippen molar-refractivity contribution in [3.05, 3.63) is 70.5 Å².